The molecule has 4 nitrogen and oxygen atoms in total. The average Bonchev–Trinajstić information content (AvgIpc) is 2.55. The Kier molecular flexibility index (Phi) is 4.36. The van der Waals surface area contributed by atoms with Crippen LogP contribution in [0.15, 0.2) is 36.4 Å². The van der Waals surface area contributed by atoms with E-state index in [1.165, 1.54) is 5.39 Å². The molecule has 112 valence electrons. The van der Waals surface area contributed by atoms with Crippen molar-refractivity contribution in [3.05, 3.63) is 36.4 Å². The van der Waals surface area contributed by atoms with Gasteiger partial charge in [0, 0.05) is 44.2 Å². The SMILES string of the molecule is CCC(N)CN1CCN(c2ccc3ccccc3n2)CC1. The number of pyridine rings is 1. The number of aromatic nitrogens is 1. The number of anilines is 1. The number of para-hydroxylation sites is 1. The Morgan fingerprint density at radius 2 is 1.86 bits per heavy atom. The Morgan fingerprint density at radius 3 is 2.62 bits per heavy atom. The van der Waals surface area contributed by atoms with Gasteiger partial charge in [0.1, 0.15) is 5.82 Å². The smallest absolute Gasteiger partial charge is 0.129 e. The predicted molar refractivity (Wildman–Crippen MR) is 88.7 cm³/mol. The Bertz CT molecular complexity index is 590. The summed E-state index contributed by atoms with van der Waals surface area (Å²) in [5.41, 5.74) is 7.12. The number of fused-ring (bicyclic) bond motifs is 1. The minimum Gasteiger partial charge on any atom is -0.354 e. The summed E-state index contributed by atoms with van der Waals surface area (Å²) in [6.07, 6.45) is 1.05. The van der Waals surface area contributed by atoms with E-state index in [0.29, 0.717) is 6.04 Å². The number of piperazine rings is 1. The van der Waals surface area contributed by atoms with Crippen molar-refractivity contribution in [1.82, 2.24) is 9.88 Å². The molecule has 1 aromatic heterocycles. The molecule has 1 aliphatic rings. The lowest BCUT2D eigenvalue weighted by Gasteiger charge is -2.36. The molecule has 0 radical (unpaired) electrons. The van der Waals surface area contributed by atoms with Gasteiger partial charge in [-0.15, -0.1) is 0 Å². The standard InChI is InChI=1S/C17H24N4/c1-2-15(18)13-20-9-11-21(12-10-20)17-8-7-14-5-3-4-6-16(14)19-17/h3-8,15H,2,9-13,18H2,1H3. The Balaban J connectivity index is 1.65. The van der Waals surface area contributed by atoms with E-state index in [1.54, 1.807) is 0 Å². The number of benzene rings is 1. The first-order valence-corrected chi connectivity index (χ1v) is 7.85. The van der Waals surface area contributed by atoms with Gasteiger partial charge in [-0.2, -0.15) is 0 Å². The van der Waals surface area contributed by atoms with Crippen LogP contribution in [-0.2, 0) is 0 Å². The fourth-order valence-corrected chi connectivity index (χ4v) is 2.85. The average molecular weight is 284 g/mol. The highest BCUT2D eigenvalue weighted by Gasteiger charge is 2.19. The van der Waals surface area contributed by atoms with Crippen LogP contribution in [0.4, 0.5) is 5.82 Å². The minimum atomic E-state index is 0.301. The Hall–Kier alpha value is -1.65. The molecule has 0 amide bonds. The third-order valence-electron chi connectivity index (χ3n) is 4.30. The highest BCUT2D eigenvalue weighted by atomic mass is 15.3. The second-order valence-electron chi connectivity index (χ2n) is 5.82. The number of nitrogens with two attached hydrogens (primary N) is 1. The summed E-state index contributed by atoms with van der Waals surface area (Å²) in [6, 6.07) is 12.9. The molecule has 1 saturated heterocycles. The van der Waals surface area contributed by atoms with Crippen molar-refractivity contribution in [3.63, 3.8) is 0 Å². The fourth-order valence-electron chi connectivity index (χ4n) is 2.85. The van der Waals surface area contributed by atoms with E-state index >= 15 is 0 Å². The molecule has 2 N–H and O–H groups in total. The van der Waals surface area contributed by atoms with Gasteiger partial charge in [0.2, 0.25) is 0 Å². The molecule has 2 aromatic rings. The highest BCUT2D eigenvalue weighted by molar-refractivity contribution is 5.80. The third kappa shape index (κ3) is 3.34. The monoisotopic (exact) mass is 284 g/mol. The van der Waals surface area contributed by atoms with Crippen molar-refractivity contribution in [2.45, 2.75) is 19.4 Å². The van der Waals surface area contributed by atoms with Crippen LogP contribution in [0.5, 0.6) is 0 Å². The molecule has 1 aliphatic heterocycles. The Labute approximate surface area is 126 Å². The molecular weight excluding hydrogens is 260 g/mol. The summed E-state index contributed by atoms with van der Waals surface area (Å²) in [5.74, 6) is 1.09. The maximum absolute atomic E-state index is 6.04. The van der Waals surface area contributed by atoms with Crippen LogP contribution in [0.2, 0.25) is 0 Å². The molecule has 2 heterocycles. The van der Waals surface area contributed by atoms with E-state index in [2.05, 4.69) is 47.1 Å². The van der Waals surface area contributed by atoms with Crippen molar-refractivity contribution >= 4 is 16.7 Å². The van der Waals surface area contributed by atoms with Gasteiger partial charge in [-0.25, -0.2) is 4.98 Å². The van der Waals surface area contributed by atoms with E-state index < -0.39 is 0 Å². The van der Waals surface area contributed by atoms with Gasteiger partial charge in [0.05, 0.1) is 5.52 Å². The summed E-state index contributed by atoms with van der Waals surface area (Å²) < 4.78 is 0. The maximum Gasteiger partial charge on any atom is 0.129 e. The van der Waals surface area contributed by atoms with Crippen LogP contribution in [0.25, 0.3) is 10.9 Å². The van der Waals surface area contributed by atoms with Crippen LogP contribution in [0.1, 0.15) is 13.3 Å². The second kappa shape index (κ2) is 6.41. The van der Waals surface area contributed by atoms with Gasteiger partial charge < -0.3 is 10.6 Å². The first-order chi connectivity index (χ1) is 10.3. The van der Waals surface area contributed by atoms with Gasteiger partial charge in [-0.3, -0.25) is 4.90 Å². The summed E-state index contributed by atoms with van der Waals surface area (Å²) in [4.78, 5) is 9.62. The van der Waals surface area contributed by atoms with Gasteiger partial charge in [-0.1, -0.05) is 25.1 Å². The minimum absolute atomic E-state index is 0.301. The number of rotatable bonds is 4. The molecule has 1 fully saturated rings. The lowest BCUT2D eigenvalue weighted by atomic mass is 10.2. The molecule has 1 atom stereocenters. The first kappa shape index (κ1) is 14.3. The van der Waals surface area contributed by atoms with E-state index in [-0.39, 0.29) is 0 Å². The number of hydrogen-bond acceptors (Lipinski definition) is 4. The summed E-state index contributed by atoms with van der Waals surface area (Å²) >= 11 is 0. The van der Waals surface area contributed by atoms with Crippen LogP contribution in [0.3, 0.4) is 0 Å². The van der Waals surface area contributed by atoms with Gasteiger partial charge >= 0.3 is 0 Å². The van der Waals surface area contributed by atoms with Crippen LogP contribution in [0, 0.1) is 0 Å². The normalized spacial score (nSPS) is 18.1. The largest absolute Gasteiger partial charge is 0.354 e. The van der Waals surface area contributed by atoms with E-state index in [1.807, 2.05) is 6.07 Å². The Morgan fingerprint density at radius 1 is 1.10 bits per heavy atom. The maximum atomic E-state index is 6.04. The number of hydrogen-bond donors (Lipinski definition) is 1. The fraction of sp³-hybridized carbons (Fsp3) is 0.471. The van der Waals surface area contributed by atoms with Crippen molar-refractivity contribution in [2.24, 2.45) is 5.73 Å². The van der Waals surface area contributed by atoms with Gasteiger partial charge in [0.25, 0.3) is 0 Å². The van der Waals surface area contributed by atoms with Gasteiger partial charge in [0.15, 0.2) is 0 Å². The van der Waals surface area contributed by atoms with E-state index in [9.17, 15) is 0 Å². The zero-order valence-corrected chi connectivity index (χ0v) is 12.7. The van der Waals surface area contributed by atoms with Gasteiger partial charge in [-0.05, 0) is 24.6 Å². The van der Waals surface area contributed by atoms with Crippen LogP contribution in [-0.4, -0.2) is 48.6 Å². The molecule has 1 unspecified atom stereocenters. The molecule has 3 rings (SSSR count). The van der Waals surface area contributed by atoms with E-state index in [0.717, 1.165) is 50.5 Å². The molecule has 1 aromatic carbocycles. The summed E-state index contributed by atoms with van der Waals surface area (Å²) in [6.45, 7) is 7.36. The molecule has 21 heavy (non-hydrogen) atoms. The van der Waals surface area contributed by atoms with E-state index in [4.69, 9.17) is 10.7 Å². The number of nitrogens with zero attached hydrogens (tertiary/aromatic N) is 3. The quantitative estimate of drug-likeness (QED) is 0.934. The first-order valence-electron chi connectivity index (χ1n) is 7.85. The topological polar surface area (TPSA) is 45.4 Å². The zero-order valence-electron chi connectivity index (χ0n) is 12.7. The molecule has 0 saturated carbocycles. The third-order valence-corrected chi connectivity index (χ3v) is 4.30. The molecule has 4 heteroatoms. The van der Waals surface area contributed by atoms with Crippen molar-refractivity contribution < 1.29 is 0 Å². The highest BCUT2D eigenvalue weighted by Crippen LogP contribution is 2.19. The van der Waals surface area contributed by atoms with Crippen molar-refractivity contribution in [2.75, 3.05) is 37.6 Å². The van der Waals surface area contributed by atoms with Crippen LogP contribution < -0.4 is 10.6 Å². The molecule has 0 aliphatic carbocycles. The molecular formula is C17H24N4. The molecule has 0 bridgehead atoms. The summed E-state index contributed by atoms with van der Waals surface area (Å²) in [5, 5.41) is 1.20. The zero-order chi connectivity index (χ0) is 14.7. The van der Waals surface area contributed by atoms with Crippen molar-refractivity contribution in [1.29, 1.82) is 0 Å². The van der Waals surface area contributed by atoms with Crippen LogP contribution >= 0.6 is 0 Å². The predicted octanol–water partition coefficient (Wildman–Crippen LogP) is 2.09. The molecule has 0 spiro atoms. The summed E-state index contributed by atoms with van der Waals surface area (Å²) in [7, 11) is 0. The van der Waals surface area contributed by atoms with Crippen molar-refractivity contribution in [3.8, 4) is 0 Å². The lowest BCUT2D eigenvalue weighted by molar-refractivity contribution is 0.240. The lowest BCUT2D eigenvalue weighted by Crippen LogP contribution is -2.50. The second-order valence-corrected chi connectivity index (χ2v) is 5.82.